The van der Waals surface area contributed by atoms with Gasteiger partial charge >= 0.3 is 0 Å². The molecule has 0 aliphatic carbocycles. The van der Waals surface area contributed by atoms with E-state index in [1.807, 2.05) is 24.3 Å². The van der Waals surface area contributed by atoms with E-state index in [9.17, 15) is 9.59 Å². The molecule has 1 saturated heterocycles. The first-order chi connectivity index (χ1) is 8.65. The van der Waals surface area contributed by atoms with Crippen LogP contribution in [0.3, 0.4) is 0 Å². The van der Waals surface area contributed by atoms with Crippen LogP contribution in [0, 0.1) is 0 Å². The predicted molar refractivity (Wildman–Crippen MR) is 68.0 cm³/mol. The van der Waals surface area contributed by atoms with Crippen molar-refractivity contribution >= 4 is 33.3 Å². The third-order valence-electron chi connectivity index (χ3n) is 3.06. The van der Waals surface area contributed by atoms with Gasteiger partial charge in [-0.15, -0.1) is 0 Å². The van der Waals surface area contributed by atoms with Gasteiger partial charge < -0.3 is 0 Å². The monoisotopic (exact) mass is 307 g/mol. The van der Waals surface area contributed by atoms with Crippen molar-refractivity contribution in [2.75, 3.05) is 0 Å². The molecule has 0 saturated carbocycles. The van der Waals surface area contributed by atoms with Crippen LogP contribution in [-0.4, -0.2) is 21.4 Å². The van der Waals surface area contributed by atoms with E-state index >= 15 is 0 Å². The summed E-state index contributed by atoms with van der Waals surface area (Å²) in [6.07, 6.45) is 0.887. The first kappa shape index (κ1) is 11.4. The molecule has 2 amide bonds. The molecule has 2 aromatic rings. The molecule has 3 heterocycles. The first-order valence-electron chi connectivity index (χ1n) is 5.63. The molecule has 2 aromatic heterocycles. The van der Waals surface area contributed by atoms with Gasteiger partial charge in [-0.1, -0.05) is 6.07 Å². The molecule has 18 heavy (non-hydrogen) atoms. The highest BCUT2D eigenvalue weighted by molar-refractivity contribution is 9.10. The second-order valence-corrected chi connectivity index (χ2v) is 5.07. The Labute approximate surface area is 111 Å². The number of halogens is 1. The molecule has 0 bridgehead atoms. The molecule has 0 spiro atoms. The Morgan fingerprint density at radius 3 is 2.94 bits per heavy atom. The van der Waals surface area contributed by atoms with Gasteiger partial charge in [0, 0.05) is 6.42 Å². The van der Waals surface area contributed by atoms with E-state index < -0.39 is 0 Å². The number of carbonyl (C=O) groups excluding carboxylic acids is 2. The van der Waals surface area contributed by atoms with Crippen molar-refractivity contribution in [2.45, 2.75) is 18.8 Å². The third-order valence-corrected chi connectivity index (χ3v) is 3.66. The Hall–Kier alpha value is -1.69. The average Bonchev–Trinajstić information content (AvgIpc) is 2.74. The van der Waals surface area contributed by atoms with Gasteiger partial charge in [-0.25, -0.2) is 4.52 Å². The summed E-state index contributed by atoms with van der Waals surface area (Å²) >= 11 is 3.40. The Bertz CT molecular complexity index is 650. The normalized spacial score (nSPS) is 20.2. The molecule has 0 aromatic carbocycles. The molecule has 1 N–H and O–H groups in total. The average molecular weight is 308 g/mol. The van der Waals surface area contributed by atoms with Gasteiger partial charge in [-0.3, -0.25) is 14.9 Å². The second-order valence-electron chi connectivity index (χ2n) is 4.26. The number of hydrogen-bond acceptors (Lipinski definition) is 3. The van der Waals surface area contributed by atoms with Crippen LogP contribution in [0.2, 0.25) is 0 Å². The number of fused-ring (bicyclic) bond motifs is 1. The van der Waals surface area contributed by atoms with Gasteiger partial charge in [0.2, 0.25) is 11.8 Å². The summed E-state index contributed by atoms with van der Waals surface area (Å²) in [5, 5.41) is 6.76. The van der Waals surface area contributed by atoms with Crippen LogP contribution in [-0.2, 0) is 9.59 Å². The highest BCUT2D eigenvalue weighted by atomic mass is 79.9. The van der Waals surface area contributed by atoms with Gasteiger partial charge in [0.05, 0.1) is 17.1 Å². The van der Waals surface area contributed by atoms with E-state index in [0.29, 0.717) is 18.5 Å². The lowest BCUT2D eigenvalue weighted by Gasteiger charge is -2.18. The van der Waals surface area contributed by atoms with Crippen LogP contribution < -0.4 is 5.32 Å². The number of piperidine rings is 1. The number of aromatic nitrogens is 2. The summed E-state index contributed by atoms with van der Waals surface area (Å²) in [5.74, 6) is -0.804. The number of imide groups is 1. The lowest BCUT2D eigenvalue weighted by Crippen LogP contribution is -2.39. The summed E-state index contributed by atoms with van der Waals surface area (Å²) < 4.78 is 2.57. The van der Waals surface area contributed by atoms with Crippen LogP contribution in [0.1, 0.15) is 24.5 Å². The number of nitrogens with one attached hydrogen (secondary N) is 1. The van der Waals surface area contributed by atoms with Crippen molar-refractivity contribution in [3.8, 4) is 0 Å². The molecule has 1 unspecified atom stereocenters. The third kappa shape index (κ3) is 1.82. The van der Waals surface area contributed by atoms with Crippen LogP contribution in [0.5, 0.6) is 0 Å². The fourth-order valence-electron chi connectivity index (χ4n) is 2.15. The van der Waals surface area contributed by atoms with E-state index in [1.54, 1.807) is 4.52 Å². The molecule has 1 aliphatic heterocycles. The highest BCUT2D eigenvalue weighted by Gasteiger charge is 2.29. The molecule has 1 atom stereocenters. The highest BCUT2D eigenvalue weighted by Crippen LogP contribution is 2.25. The van der Waals surface area contributed by atoms with Crippen LogP contribution in [0.25, 0.3) is 5.52 Å². The zero-order valence-corrected chi connectivity index (χ0v) is 11.0. The number of carbonyl (C=O) groups is 2. The van der Waals surface area contributed by atoms with Gasteiger partial charge in [0.25, 0.3) is 0 Å². The van der Waals surface area contributed by atoms with Gasteiger partial charge in [0.15, 0.2) is 0 Å². The molecular formula is C12H10BrN3O2. The fourth-order valence-corrected chi connectivity index (χ4v) is 2.58. The van der Waals surface area contributed by atoms with Crippen LogP contribution in [0.15, 0.2) is 28.9 Å². The zero-order valence-electron chi connectivity index (χ0n) is 9.39. The van der Waals surface area contributed by atoms with Crippen molar-refractivity contribution in [2.24, 2.45) is 0 Å². The number of rotatable bonds is 1. The van der Waals surface area contributed by atoms with Crippen molar-refractivity contribution in [1.29, 1.82) is 0 Å². The zero-order chi connectivity index (χ0) is 12.7. The summed E-state index contributed by atoms with van der Waals surface area (Å²) in [7, 11) is 0. The summed E-state index contributed by atoms with van der Waals surface area (Å²) in [4.78, 5) is 22.9. The topological polar surface area (TPSA) is 63.5 Å². The van der Waals surface area contributed by atoms with Crippen molar-refractivity contribution in [1.82, 2.24) is 14.9 Å². The first-order valence-corrected chi connectivity index (χ1v) is 6.42. The summed E-state index contributed by atoms with van der Waals surface area (Å²) in [6.45, 7) is 0. The molecule has 3 rings (SSSR count). The number of hydrogen-bond donors (Lipinski definition) is 1. The molecule has 6 heteroatoms. The van der Waals surface area contributed by atoms with Crippen molar-refractivity contribution in [3.63, 3.8) is 0 Å². The van der Waals surface area contributed by atoms with Crippen LogP contribution >= 0.6 is 15.9 Å². The minimum atomic E-state index is -0.338. The van der Waals surface area contributed by atoms with Gasteiger partial charge in [0.1, 0.15) is 4.60 Å². The maximum atomic E-state index is 11.8. The van der Waals surface area contributed by atoms with E-state index in [4.69, 9.17) is 0 Å². The maximum absolute atomic E-state index is 11.8. The Balaban J connectivity index is 2.02. The molecule has 92 valence electrons. The van der Waals surface area contributed by atoms with Gasteiger partial charge in [-0.2, -0.15) is 5.10 Å². The molecule has 1 fully saturated rings. The van der Waals surface area contributed by atoms with E-state index in [1.165, 1.54) is 0 Å². The molecule has 1 aliphatic rings. The smallest absolute Gasteiger partial charge is 0.235 e. The van der Waals surface area contributed by atoms with Crippen LogP contribution in [0.4, 0.5) is 0 Å². The second kappa shape index (κ2) is 4.20. The van der Waals surface area contributed by atoms with Crippen molar-refractivity contribution in [3.05, 3.63) is 34.6 Å². The van der Waals surface area contributed by atoms with Crippen molar-refractivity contribution < 1.29 is 9.59 Å². The largest absolute Gasteiger partial charge is 0.296 e. The molecule has 0 radical (unpaired) electrons. The minimum absolute atomic E-state index is 0.207. The number of pyridine rings is 1. The summed E-state index contributed by atoms with van der Waals surface area (Å²) in [6, 6.07) is 7.60. The summed E-state index contributed by atoms with van der Waals surface area (Å²) in [5.41, 5.74) is 1.62. The van der Waals surface area contributed by atoms with Gasteiger partial charge in [-0.05, 0) is 40.5 Å². The molecule has 5 nitrogen and oxygen atoms in total. The number of amides is 2. The SMILES string of the molecule is O=C1CCC(c2cc3cccc(Br)n3n2)C(=O)N1. The quantitative estimate of drug-likeness (QED) is 0.643. The maximum Gasteiger partial charge on any atom is 0.235 e. The number of nitrogens with zero attached hydrogens (tertiary/aromatic N) is 2. The minimum Gasteiger partial charge on any atom is -0.296 e. The van der Waals surface area contributed by atoms with E-state index in [2.05, 4.69) is 26.3 Å². The standard InChI is InChI=1S/C12H10BrN3O2/c13-10-3-1-2-7-6-9(15-16(7)10)8-4-5-11(17)14-12(8)18/h1-3,6,8H,4-5H2,(H,14,17,18). The Kier molecular flexibility index (Phi) is 2.66. The fraction of sp³-hybridized carbons (Fsp3) is 0.250. The Morgan fingerprint density at radius 2 is 2.22 bits per heavy atom. The van der Waals surface area contributed by atoms with E-state index in [-0.39, 0.29) is 17.7 Å². The lowest BCUT2D eigenvalue weighted by molar-refractivity contribution is -0.134. The molecular weight excluding hydrogens is 298 g/mol. The Morgan fingerprint density at radius 1 is 1.39 bits per heavy atom. The predicted octanol–water partition coefficient (Wildman–Crippen LogP) is 1.62. The lowest BCUT2D eigenvalue weighted by atomic mass is 9.95. The van der Waals surface area contributed by atoms with E-state index in [0.717, 1.165) is 10.1 Å².